The van der Waals surface area contributed by atoms with Crippen LogP contribution in [0.15, 0.2) is 0 Å². The number of rotatable bonds is 38. The van der Waals surface area contributed by atoms with Crippen molar-refractivity contribution >= 4 is 19.4 Å². The lowest BCUT2D eigenvalue weighted by Crippen LogP contribution is -2.60. The zero-order valence-electron chi connectivity index (χ0n) is 40.2. The molecule has 0 rings (SSSR count). The molecule has 0 aliphatic heterocycles. The number of hydrogen-bond donors (Lipinski definition) is 3. The monoisotopic (exact) mass is 847 g/mol. The standard InChI is InChI=1S/C48H96NO8P/c1-37(2)20-14-22-39(5)24-16-26-41(7)28-18-30-43(9)32-46(52)48(36-49(11,12)13,57-58(54,55)56-35-45(51)34-50)47(53)33-44(10)31-19-29-42(8)27-17-25-40(6)23-15-21-38(3)4/h37-45,50-51H,14-36H2,1-13H3/p+1/t39?,40?,41?,42?,43?,44?,45-,48?/m1/s1. The van der Waals surface area contributed by atoms with Gasteiger partial charge in [-0.3, -0.25) is 18.6 Å². The van der Waals surface area contributed by atoms with Gasteiger partial charge >= 0.3 is 7.82 Å². The highest BCUT2D eigenvalue weighted by molar-refractivity contribution is 7.47. The van der Waals surface area contributed by atoms with Crippen molar-refractivity contribution in [2.45, 2.75) is 209 Å². The van der Waals surface area contributed by atoms with Crippen molar-refractivity contribution in [1.82, 2.24) is 0 Å². The Morgan fingerprint density at radius 1 is 0.552 bits per heavy atom. The molecule has 0 amide bonds. The van der Waals surface area contributed by atoms with Crippen molar-refractivity contribution in [2.75, 3.05) is 40.9 Å². The zero-order valence-corrected chi connectivity index (χ0v) is 41.1. The smallest absolute Gasteiger partial charge is 0.394 e. The Morgan fingerprint density at radius 2 is 0.845 bits per heavy atom. The van der Waals surface area contributed by atoms with Gasteiger partial charge in [-0.15, -0.1) is 0 Å². The highest BCUT2D eigenvalue weighted by atomic mass is 31.2. The minimum absolute atomic E-state index is 0.0372. The fourth-order valence-electron chi connectivity index (χ4n) is 8.34. The second-order valence-corrected chi connectivity index (χ2v) is 22.6. The van der Waals surface area contributed by atoms with E-state index in [4.69, 9.17) is 9.05 Å². The Morgan fingerprint density at radius 3 is 1.12 bits per heavy atom. The maximum atomic E-state index is 14.5. The van der Waals surface area contributed by atoms with E-state index in [0.29, 0.717) is 11.8 Å². The van der Waals surface area contributed by atoms with E-state index < -0.39 is 44.3 Å². The topological polar surface area (TPSA) is 130 Å². The maximum Gasteiger partial charge on any atom is 0.473 e. The molecule has 0 aliphatic carbocycles. The van der Waals surface area contributed by atoms with Crippen LogP contribution in [0.1, 0.15) is 198 Å². The lowest BCUT2D eigenvalue weighted by molar-refractivity contribution is -0.874. The fraction of sp³-hybridized carbons (Fsp3) is 0.958. The van der Waals surface area contributed by atoms with Gasteiger partial charge in [0.15, 0.2) is 11.6 Å². The van der Waals surface area contributed by atoms with E-state index in [0.717, 1.165) is 62.2 Å². The number of phosphoric acid groups is 1. The van der Waals surface area contributed by atoms with Crippen molar-refractivity contribution in [3.63, 3.8) is 0 Å². The minimum atomic E-state index is -5.01. The summed E-state index contributed by atoms with van der Waals surface area (Å²) in [6, 6.07) is 0. The Balaban J connectivity index is 5.61. The molecule has 0 fully saturated rings. The number of carbonyl (C=O) groups excluding carboxylic acids is 2. The molecule has 7 unspecified atom stereocenters. The second kappa shape index (κ2) is 30.4. The first-order valence-corrected chi connectivity index (χ1v) is 25.2. The lowest BCUT2D eigenvalue weighted by atomic mass is 9.81. The summed E-state index contributed by atoms with van der Waals surface area (Å²) in [5.41, 5.74) is -2.20. The van der Waals surface area contributed by atoms with Crippen molar-refractivity contribution in [1.29, 1.82) is 0 Å². The normalized spacial score (nSPS) is 18.3. The van der Waals surface area contributed by atoms with Crippen molar-refractivity contribution in [3.8, 4) is 0 Å². The summed E-state index contributed by atoms with van der Waals surface area (Å²) in [6.07, 6.45) is 19.6. The average molecular weight is 847 g/mol. The minimum Gasteiger partial charge on any atom is -0.394 e. The number of nitrogens with zero attached hydrogens (tertiary/aromatic N) is 1. The number of ketones is 2. The average Bonchev–Trinajstić information content (AvgIpc) is 3.09. The quantitative estimate of drug-likeness (QED) is 0.0318. The van der Waals surface area contributed by atoms with E-state index in [2.05, 4.69) is 55.4 Å². The molecule has 3 N–H and O–H groups in total. The number of quaternary nitrogens is 1. The van der Waals surface area contributed by atoms with E-state index in [-0.39, 0.29) is 35.7 Å². The van der Waals surface area contributed by atoms with E-state index in [9.17, 15) is 29.3 Å². The molecule has 9 nitrogen and oxygen atoms in total. The third-order valence-electron chi connectivity index (χ3n) is 12.1. The van der Waals surface area contributed by atoms with Crippen molar-refractivity contribution in [3.05, 3.63) is 0 Å². The van der Waals surface area contributed by atoms with Gasteiger partial charge in [0.1, 0.15) is 12.6 Å². The molecule has 0 aromatic heterocycles. The third kappa shape index (κ3) is 28.8. The van der Waals surface area contributed by atoms with Crippen LogP contribution in [0.4, 0.5) is 0 Å². The van der Waals surface area contributed by atoms with Crippen molar-refractivity contribution in [2.24, 2.45) is 47.3 Å². The van der Waals surface area contributed by atoms with Gasteiger partial charge in [0.25, 0.3) is 0 Å². The maximum absolute atomic E-state index is 14.5. The van der Waals surface area contributed by atoms with Gasteiger partial charge in [0.05, 0.1) is 34.4 Å². The highest BCUT2D eigenvalue weighted by Crippen LogP contribution is 2.49. The molecule has 0 saturated heterocycles. The SMILES string of the molecule is CC(C)CCCC(C)CCCC(C)CCCC(C)CC(=O)C(C[N+](C)(C)C)(OP(=O)(O)OC[C@H](O)CO)C(=O)CC(C)CCCC(C)CCCC(C)CCCC(C)C. The molecule has 0 aromatic rings. The van der Waals surface area contributed by atoms with Gasteiger partial charge in [-0.2, -0.15) is 0 Å². The number of carbonyl (C=O) groups is 2. The number of aliphatic hydroxyl groups is 2. The summed E-state index contributed by atoms with van der Waals surface area (Å²) in [5, 5.41) is 19.1. The number of hydrogen-bond acceptors (Lipinski definition) is 7. The number of likely N-dealkylation sites (N-methyl/N-ethyl adjacent to an activating group) is 1. The number of phosphoric ester groups is 1. The molecule has 0 aliphatic rings. The van der Waals surface area contributed by atoms with Crippen LogP contribution in [0.3, 0.4) is 0 Å². The Bertz CT molecular complexity index is 1070. The van der Waals surface area contributed by atoms with Crippen molar-refractivity contribution < 1.29 is 42.8 Å². The van der Waals surface area contributed by atoms with Crippen LogP contribution in [0, 0.1) is 47.3 Å². The molecular formula is C48H97NO8P+. The molecule has 58 heavy (non-hydrogen) atoms. The van der Waals surface area contributed by atoms with E-state index in [1.165, 1.54) is 77.0 Å². The van der Waals surface area contributed by atoms with Crippen LogP contribution in [-0.2, 0) is 23.2 Å². The highest BCUT2D eigenvalue weighted by Gasteiger charge is 2.55. The number of Topliss-reactive ketones (excluding diaryl/α,β-unsaturated/α-hetero) is 2. The lowest BCUT2D eigenvalue weighted by Gasteiger charge is -2.38. The molecule has 8 atom stereocenters. The fourth-order valence-corrected chi connectivity index (χ4v) is 9.41. The Kier molecular flexibility index (Phi) is 30.0. The molecule has 0 spiro atoms. The summed E-state index contributed by atoms with van der Waals surface area (Å²) >= 11 is 0. The van der Waals surface area contributed by atoms with Crippen LogP contribution in [0.25, 0.3) is 0 Å². The van der Waals surface area contributed by atoms with Gasteiger partial charge in [0.2, 0.25) is 5.60 Å². The summed E-state index contributed by atoms with van der Waals surface area (Å²) in [7, 11) is 0.464. The molecule has 10 heteroatoms. The van der Waals surface area contributed by atoms with Crippen LogP contribution < -0.4 is 0 Å². The molecule has 346 valence electrons. The first-order valence-electron chi connectivity index (χ1n) is 23.7. The first kappa shape index (κ1) is 57.3. The zero-order chi connectivity index (χ0) is 44.5. The van der Waals surface area contributed by atoms with E-state index in [1.54, 1.807) is 0 Å². The Hall–Kier alpha value is -0.670. The number of aliphatic hydroxyl groups excluding tert-OH is 2. The predicted octanol–water partition coefficient (Wildman–Crippen LogP) is 12.0. The molecule has 0 aromatic carbocycles. The van der Waals surface area contributed by atoms with Gasteiger partial charge in [-0.1, -0.05) is 185 Å². The summed E-state index contributed by atoms with van der Waals surface area (Å²) in [4.78, 5) is 39.8. The molecule has 0 saturated carbocycles. The first-order chi connectivity index (χ1) is 26.9. The van der Waals surface area contributed by atoms with Gasteiger partial charge in [0, 0.05) is 12.8 Å². The second-order valence-electron chi connectivity index (χ2n) is 21.2. The van der Waals surface area contributed by atoms with Crippen LogP contribution in [-0.4, -0.2) is 83.8 Å². The Labute approximate surface area is 358 Å². The van der Waals surface area contributed by atoms with Gasteiger partial charge < -0.3 is 19.6 Å². The summed E-state index contributed by atoms with van der Waals surface area (Å²) < 4.78 is 24.4. The summed E-state index contributed by atoms with van der Waals surface area (Å²) in [6.45, 7) is 21.0. The van der Waals surface area contributed by atoms with Crippen LogP contribution in [0.2, 0.25) is 0 Å². The van der Waals surface area contributed by atoms with E-state index in [1.807, 2.05) is 35.0 Å². The molecule has 0 bridgehead atoms. The summed E-state index contributed by atoms with van der Waals surface area (Å²) in [5.74, 6) is 3.14. The van der Waals surface area contributed by atoms with Gasteiger partial charge in [-0.05, 0) is 47.3 Å². The van der Waals surface area contributed by atoms with Crippen LogP contribution >= 0.6 is 7.82 Å². The predicted molar refractivity (Wildman–Crippen MR) is 243 cm³/mol. The van der Waals surface area contributed by atoms with Gasteiger partial charge in [-0.25, -0.2) is 4.57 Å². The third-order valence-corrected chi connectivity index (χ3v) is 13.1. The van der Waals surface area contributed by atoms with E-state index >= 15 is 0 Å². The molecular weight excluding hydrogens is 750 g/mol. The molecule has 0 radical (unpaired) electrons. The largest absolute Gasteiger partial charge is 0.473 e. The molecule has 0 heterocycles. The van der Waals surface area contributed by atoms with Crippen LogP contribution in [0.5, 0.6) is 0 Å².